The molecule has 312 valence electrons. The second-order valence-electron chi connectivity index (χ2n) is 13.5. The molecule has 3 aliphatic heterocycles. The van der Waals surface area contributed by atoms with Gasteiger partial charge >= 0.3 is 38.4 Å². The fourth-order valence-electron chi connectivity index (χ4n) is 7.64. The van der Waals surface area contributed by atoms with Crippen LogP contribution in [0.5, 0.6) is 0 Å². The number of carbonyl (C=O) groups excluding carboxylic acids is 4. The van der Waals surface area contributed by atoms with Crippen LogP contribution >= 0.6 is 26.3 Å². The summed E-state index contributed by atoms with van der Waals surface area (Å²) in [4.78, 5) is 80.0. The highest BCUT2D eigenvalue weighted by atomic mass is 32.5. The smallest absolute Gasteiger partial charge is 0.462 e. The number of ether oxygens (including phenoxy) is 6. The van der Waals surface area contributed by atoms with E-state index in [4.69, 9.17) is 59.3 Å². The Morgan fingerprint density at radius 1 is 1.11 bits per heavy atom. The van der Waals surface area contributed by atoms with E-state index in [9.17, 15) is 38.6 Å². The van der Waals surface area contributed by atoms with E-state index in [1.807, 2.05) is 0 Å². The Morgan fingerprint density at radius 2 is 1.79 bits per heavy atom. The zero-order valence-electron chi connectivity index (χ0n) is 30.8. The predicted molar refractivity (Wildman–Crippen MR) is 190 cm³/mol. The van der Waals surface area contributed by atoms with Gasteiger partial charge in [-0.2, -0.15) is 0 Å². The Balaban J connectivity index is 1.36. The number of nitrogen functional groups attached to an aromatic ring is 1. The van der Waals surface area contributed by atoms with Gasteiger partial charge in [-0.3, -0.25) is 23.7 Å². The third-order valence-corrected chi connectivity index (χ3v) is 13.8. The highest BCUT2D eigenvalue weighted by Gasteiger charge is 2.78. The van der Waals surface area contributed by atoms with Crippen LogP contribution in [0.25, 0.3) is 0 Å². The van der Waals surface area contributed by atoms with E-state index in [2.05, 4.69) is 9.97 Å². The fourth-order valence-corrected chi connectivity index (χ4v) is 11.6. The Hall–Kier alpha value is -2.70. The lowest BCUT2D eigenvalue weighted by Crippen LogP contribution is -2.67. The van der Waals surface area contributed by atoms with Crippen molar-refractivity contribution in [2.75, 3.05) is 33.0 Å². The number of aliphatic hydroxyl groups is 1. The van der Waals surface area contributed by atoms with Crippen molar-refractivity contribution in [3.05, 3.63) is 23.5 Å². The maximum Gasteiger partial charge on any atom is 0.481 e. The second kappa shape index (κ2) is 16.2. The second-order valence-corrected chi connectivity index (χ2v) is 18.8. The maximum atomic E-state index is 17.0. The van der Waals surface area contributed by atoms with Crippen LogP contribution in [0.15, 0.2) is 22.7 Å². The van der Waals surface area contributed by atoms with E-state index >= 15 is 4.39 Å². The molecule has 1 spiro atoms. The number of hydrogen-bond acceptors (Lipinski definition) is 21. The number of thioether (sulfide) groups is 1. The molecule has 1 saturated carbocycles. The SMILES string of the molecule is CC(=O)OC[C@H](OC(C)=O)C1C(O)C(OC(C)=O)C2C(OP(=O)(O)OP(O)(=S)OC[C@H]3OC4(C=CSc5c(N)ncnc54)[C@](C)(F)[C@@H]3N(C)C)OC21OC(C)=O. The zero-order chi connectivity index (χ0) is 41.8. The molecule has 0 radical (unpaired) electrons. The van der Waals surface area contributed by atoms with E-state index < -0.39 is 117 Å². The van der Waals surface area contributed by atoms with E-state index in [-0.39, 0.29) is 11.5 Å². The molecule has 13 atom stereocenters. The van der Waals surface area contributed by atoms with Crippen molar-refractivity contribution in [2.45, 2.75) is 93.3 Å². The predicted octanol–water partition coefficient (Wildman–Crippen LogP) is 0.947. The number of nitrogens with two attached hydrogens (primary N) is 1. The minimum absolute atomic E-state index is 0.0933. The highest BCUT2D eigenvalue weighted by molar-refractivity contribution is 8.08. The zero-order valence-corrected chi connectivity index (χ0v) is 34.3. The van der Waals surface area contributed by atoms with Gasteiger partial charge in [0.15, 0.2) is 17.6 Å². The number of nitrogens with zero attached hydrogens (tertiary/aromatic N) is 3. The molecule has 1 aromatic heterocycles. The van der Waals surface area contributed by atoms with Gasteiger partial charge in [0.1, 0.15) is 49.1 Å². The first-order valence-corrected chi connectivity index (χ1v) is 21.6. The Labute approximate surface area is 328 Å². The van der Waals surface area contributed by atoms with Crippen LogP contribution in [-0.4, -0.2) is 129 Å². The summed E-state index contributed by atoms with van der Waals surface area (Å²) in [6.07, 6.45) is -5.78. The first-order chi connectivity index (χ1) is 25.9. The van der Waals surface area contributed by atoms with Crippen molar-refractivity contribution < 1.29 is 84.8 Å². The van der Waals surface area contributed by atoms with Crippen molar-refractivity contribution in [2.24, 2.45) is 11.8 Å². The highest BCUT2D eigenvalue weighted by Crippen LogP contribution is 2.66. The minimum Gasteiger partial charge on any atom is -0.462 e. The maximum absolute atomic E-state index is 17.0. The van der Waals surface area contributed by atoms with Gasteiger partial charge in [-0.05, 0) is 44.3 Å². The lowest BCUT2D eigenvalue weighted by molar-refractivity contribution is -0.426. The van der Waals surface area contributed by atoms with E-state index in [0.717, 1.165) is 45.8 Å². The number of rotatable bonds is 14. The first kappa shape index (κ1) is 44.4. The topological polar surface area (TPSA) is 284 Å². The van der Waals surface area contributed by atoms with Gasteiger partial charge < -0.3 is 58.5 Å². The van der Waals surface area contributed by atoms with Crippen molar-refractivity contribution in [3.63, 3.8) is 0 Å². The normalized spacial score (nSPS) is 35.7. The third-order valence-electron chi connectivity index (χ3n) is 9.40. The molecule has 56 heavy (non-hydrogen) atoms. The van der Waals surface area contributed by atoms with Crippen molar-refractivity contribution in [3.8, 4) is 0 Å². The molecule has 2 saturated heterocycles. The van der Waals surface area contributed by atoms with Crippen LogP contribution in [0.1, 0.15) is 40.3 Å². The number of phosphoric acid groups is 1. The van der Waals surface area contributed by atoms with E-state index in [1.165, 1.54) is 17.9 Å². The molecule has 0 aromatic carbocycles. The quantitative estimate of drug-likeness (QED) is 0.115. The molecule has 4 heterocycles. The summed E-state index contributed by atoms with van der Waals surface area (Å²) in [5, 5.41) is 13.0. The molecule has 9 unspecified atom stereocenters. The van der Waals surface area contributed by atoms with Crippen molar-refractivity contribution >= 4 is 67.8 Å². The average molecular weight is 875 g/mol. The van der Waals surface area contributed by atoms with Gasteiger partial charge in [0, 0.05) is 27.7 Å². The molecule has 4 aliphatic rings. The number of aromatic nitrogens is 2. The lowest BCUT2D eigenvalue weighted by Gasteiger charge is -2.52. The van der Waals surface area contributed by atoms with Gasteiger partial charge in [-0.25, -0.2) is 23.2 Å². The van der Waals surface area contributed by atoms with Gasteiger partial charge in [0.25, 0.3) is 0 Å². The lowest BCUT2D eigenvalue weighted by atomic mass is 9.78. The number of anilines is 1. The summed E-state index contributed by atoms with van der Waals surface area (Å²) in [6.45, 7) is -0.908. The summed E-state index contributed by atoms with van der Waals surface area (Å²) in [5.41, 5.74) is 2.15. The summed E-state index contributed by atoms with van der Waals surface area (Å²) in [7, 11) is -2.42. The average Bonchev–Trinajstić information content (AvgIpc) is 3.36. The third kappa shape index (κ3) is 8.40. The van der Waals surface area contributed by atoms with Gasteiger partial charge in [-0.1, -0.05) is 11.8 Å². The van der Waals surface area contributed by atoms with Gasteiger partial charge in [0.2, 0.25) is 5.79 Å². The monoisotopic (exact) mass is 874 g/mol. The summed E-state index contributed by atoms with van der Waals surface area (Å²) >= 11 is 6.18. The fraction of sp³-hybridized carbons (Fsp3) is 0.667. The van der Waals surface area contributed by atoms with Crippen LogP contribution in [-0.2, 0) is 82.9 Å². The number of likely N-dealkylation sites (N-methyl/N-ethyl adjacent to an activating group) is 1. The number of halogens is 1. The molecule has 5 rings (SSSR count). The number of alkyl halides is 1. The van der Waals surface area contributed by atoms with Crippen LogP contribution in [0.4, 0.5) is 10.2 Å². The van der Waals surface area contributed by atoms with E-state index in [0.29, 0.717) is 4.90 Å². The standard InChI is InChI=1S/C30H41FN4O17P2S2/c1-13(36)44-10-17(46-14(2)37)19-21(40)22(47-15(3)38)20-27(50-30(19,20)48-16(4)39)51-53(41,42)52-54(43,55)45-11-18-25(35(6)7)28(5,31)29(49-18)8-9-56-23-24(29)33-12-34-26(23)32/h8-9,12,17-22,25,27,40H,10-11H2,1-7H3,(H,41,42)(H,43,55)(H2,32,33,34)/t17-,18+,19?,20?,21?,22?,25+,27?,28+,29?,30?,54?/m0/s1. The van der Waals surface area contributed by atoms with Crippen LogP contribution in [0, 0.1) is 11.8 Å². The molecule has 3 fully saturated rings. The number of fused-ring (bicyclic) bond motifs is 3. The largest absolute Gasteiger partial charge is 0.481 e. The molecule has 21 nitrogen and oxygen atoms in total. The number of phosphoric ester groups is 1. The van der Waals surface area contributed by atoms with Gasteiger partial charge in [-0.15, -0.1) is 0 Å². The molecule has 0 bridgehead atoms. The van der Waals surface area contributed by atoms with Crippen LogP contribution in [0.2, 0.25) is 0 Å². The number of aliphatic hydroxyl groups excluding tert-OH is 1. The number of carbonyl (C=O) groups is 4. The first-order valence-electron chi connectivity index (χ1n) is 16.6. The summed E-state index contributed by atoms with van der Waals surface area (Å²) < 4.78 is 78.8. The number of hydrogen-bond donors (Lipinski definition) is 4. The van der Waals surface area contributed by atoms with Gasteiger partial charge in [0.05, 0.1) is 29.2 Å². The molecule has 5 N–H and O–H groups in total. The summed E-state index contributed by atoms with van der Waals surface area (Å²) in [5.74, 6) is -9.27. The molecular formula is C30H41FN4O17P2S2. The molecule has 26 heteroatoms. The molecular weight excluding hydrogens is 833 g/mol. The van der Waals surface area contributed by atoms with Crippen molar-refractivity contribution in [1.82, 2.24) is 14.9 Å². The van der Waals surface area contributed by atoms with Crippen molar-refractivity contribution in [1.29, 1.82) is 0 Å². The Bertz CT molecular complexity index is 1880. The van der Waals surface area contributed by atoms with Crippen LogP contribution < -0.4 is 5.73 Å². The molecule has 1 aliphatic carbocycles. The number of esters is 4. The summed E-state index contributed by atoms with van der Waals surface area (Å²) in [6, 6.07) is -1.10. The minimum atomic E-state index is -5.57. The molecule has 0 amide bonds. The Kier molecular flexibility index (Phi) is 12.8. The Morgan fingerprint density at radius 3 is 2.38 bits per heavy atom. The van der Waals surface area contributed by atoms with Crippen LogP contribution in [0.3, 0.4) is 0 Å². The molecule has 1 aromatic rings. The van der Waals surface area contributed by atoms with E-state index in [1.54, 1.807) is 19.5 Å².